The summed E-state index contributed by atoms with van der Waals surface area (Å²) in [5, 5.41) is 0. The van der Waals surface area contributed by atoms with E-state index >= 15 is 0 Å². The molecule has 17 heavy (non-hydrogen) atoms. The van der Waals surface area contributed by atoms with Gasteiger partial charge in [0.1, 0.15) is 5.82 Å². The van der Waals surface area contributed by atoms with Gasteiger partial charge in [0.2, 0.25) is 0 Å². The number of anilines is 1. The molecule has 0 amide bonds. The van der Waals surface area contributed by atoms with Crippen LogP contribution in [0, 0.1) is 5.82 Å². The summed E-state index contributed by atoms with van der Waals surface area (Å²) >= 11 is 1.81. The van der Waals surface area contributed by atoms with Crippen LogP contribution in [-0.2, 0) is 6.54 Å². The zero-order chi connectivity index (χ0) is 12.8. The zero-order valence-corrected chi connectivity index (χ0v) is 11.6. The van der Waals surface area contributed by atoms with E-state index in [4.69, 9.17) is 5.73 Å². The highest BCUT2D eigenvalue weighted by Gasteiger charge is 2.13. The molecule has 0 heterocycles. The molecule has 0 radical (unpaired) electrons. The fourth-order valence-corrected chi connectivity index (χ4v) is 2.71. The first-order chi connectivity index (χ1) is 8.12. The second-order valence-electron chi connectivity index (χ2n) is 4.15. The fraction of sp³-hybridized carbons (Fsp3) is 0.538. The maximum atomic E-state index is 13.4. The van der Waals surface area contributed by atoms with Crippen molar-refractivity contribution >= 4 is 17.4 Å². The number of nitrogens with zero attached hydrogens (tertiary/aromatic N) is 1. The SMILES string of the molecule is CCC(CSC)N(C)c1cc(F)cc(CN)c1. The Morgan fingerprint density at radius 3 is 2.65 bits per heavy atom. The third kappa shape index (κ3) is 3.89. The van der Waals surface area contributed by atoms with Crippen LogP contribution in [0.25, 0.3) is 0 Å². The number of hydrogen-bond acceptors (Lipinski definition) is 3. The lowest BCUT2D eigenvalue weighted by Gasteiger charge is -2.29. The first-order valence-corrected chi connectivity index (χ1v) is 7.23. The van der Waals surface area contributed by atoms with Crippen molar-refractivity contribution in [1.29, 1.82) is 0 Å². The molecule has 0 spiro atoms. The summed E-state index contributed by atoms with van der Waals surface area (Å²) in [6, 6.07) is 5.46. The molecule has 1 atom stereocenters. The molecule has 2 nitrogen and oxygen atoms in total. The van der Waals surface area contributed by atoms with E-state index in [-0.39, 0.29) is 5.82 Å². The Morgan fingerprint density at radius 2 is 2.12 bits per heavy atom. The molecule has 0 bridgehead atoms. The molecule has 0 fully saturated rings. The molecule has 0 aliphatic rings. The fourth-order valence-electron chi connectivity index (χ4n) is 1.86. The first kappa shape index (κ1) is 14.3. The third-order valence-electron chi connectivity index (χ3n) is 2.96. The van der Waals surface area contributed by atoms with Gasteiger partial charge in [-0.15, -0.1) is 0 Å². The molecule has 0 aliphatic heterocycles. The molecular formula is C13H21FN2S. The van der Waals surface area contributed by atoms with Gasteiger partial charge in [-0.25, -0.2) is 4.39 Å². The summed E-state index contributed by atoms with van der Waals surface area (Å²) in [5.41, 5.74) is 7.31. The number of hydrogen-bond donors (Lipinski definition) is 1. The highest BCUT2D eigenvalue weighted by Crippen LogP contribution is 2.21. The van der Waals surface area contributed by atoms with E-state index in [1.165, 1.54) is 6.07 Å². The Bertz CT molecular complexity index is 357. The Morgan fingerprint density at radius 1 is 1.41 bits per heavy atom. The van der Waals surface area contributed by atoms with Gasteiger partial charge in [0.25, 0.3) is 0 Å². The highest BCUT2D eigenvalue weighted by molar-refractivity contribution is 7.98. The monoisotopic (exact) mass is 256 g/mol. The molecule has 0 saturated carbocycles. The quantitative estimate of drug-likeness (QED) is 0.848. The number of benzene rings is 1. The average molecular weight is 256 g/mol. The van der Waals surface area contributed by atoms with E-state index in [0.717, 1.165) is 23.4 Å². The van der Waals surface area contributed by atoms with Crippen molar-refractivity contribution in [2.24, 2.45) is 5.73 Å². The Balaban J connectivity index is 2.93. The summed E-state index contributed by atoms with van der Waals surface area (Å²) < 4.78 is 13.4. The van der Waals surface area contributed by atoms with Gasteiger partial charge < -0.3 is 10.6 Å². The maximum Gasteiger partial charge on any atom is 0.125 e. The third-order valence-corrected chi connectivity index (χ3v) is 3.68. The summed E-state index contributed by atoms with van der Waals surface area (Å²) in [6.07, 6.45) is 3.14. The van der Waals surface area contributed by atoms with Gasteiger partial charge in [0, 0.05) is 31.1 Å². The van der Waals surface area contributed by atoms with Crippen LogP contribution in [0.2, 0.25) is 0 Å². The van der Waals surface area contributed by atoms with Gasteiger partial charge in [0.05, 0.1) is 0 Å². The van der Waals surface area contributed by atoms with Crippen LogP contribution in [0.15, 0.2) is 18.2 Å². The Labute approximate surface area is 107 Å². The molecule has 1 rings (SSSR count). The van der Waals surface area contributed by atoms with Crippen molar-refractivity contribution in [1.82, 2.24) is 0 Å². The van der Waals surface area contributed by atoms with E-state index in [2.05, 4.69) is 18.1 Å². The van der Waals surface area contributed by atoms with Crippen LogP contribution in [0.1, 0.15) is 18.9 Å². The molecule has 1 aromatic rings. The normalized spacial score (nSPS) is 12.5. The Kier molecular flexibility index (Phi) is 5.78. The molecule has 0 aromatic heterocycles. The van der Waals surface area contributed by atoms with Crippen molar-refractivity contribution in [3.8, 4) is 0 Å². The van der Waals surface area contributed by atoms with E-state index in [0.29, 0.717) is 12.6 Å². The molecule has 0 aliphatic carbocycles. The van der Waals surface area contributed by atoms with Crippen LogP contribution in [0.4, 0.5) is 10.1 Å². The number of nitrogens with two attached hydrogens (primary N) is 1. The molecule has 1 aromatic carbocycles. The molecule has 0 saturated heterocycles. The standard InChI is InChI=1S/C13H21FN2S/c1-4-12(9-17-3)16(2)13-6-10(8-15)5-11(14)7-13/h5-7,12H,4,8-9,15H2,1-3H3. The minimum Gasteiger partial charge on any atom is -0.371 e. The van der Waals surface area contributed by atoms with Gasteiger partial charge in [-0.05, 0) is 36.4 Å². The predicted octanol–water partition coefficient (Wildman–Crippen LogP) is 2.86. The van der Waals surface area contributed by atoms with Gasteiger partial charge in [-0.1, -0.05) is 6.92 Å². The predicted molar refractivity (Wildman–Crippen MR) is 75.2 cm³/mol. The van der Waals surface area contributed by atoms with Crippen molar-refractivity contribution in [3.63, 3.8) is 0 Å². The molecular weight excluding hydrogens is 235 g/mol. The lowest BCUT2D eigenvalue weighted by atomic mass is 10.1. The number of halogens is 1. The van der Waals surface area contributed by atoms with E-state index in [1.807, 2.05) is 24.9 Å². The number of thioether (sulfide) groups is 1. The second-order valence-corrected chi connectivity index (χ2v) is 5.06. The summed E-state index contributed by atoms with van der Waals surface area (Å²) in [7, 11) is 2.01. The van der Waals surface area contributed by atoms with Crippen molar-refractivity contribution in [2.45, 2.75) is 25.9 Å². The minimum atomic E-state index is -0.214. The van der Waals surface area contributed by atoms with Crippen molar-refractivity contribution < 1.29 is 4.39 Å². The summed E-state index contributed by atoms with van der Waals surface area (Å²) in [6.45, 7) is 2.53. The van der Waals surface area contributed by atoms with Crippen molar-refractivity contribution in [2.75, 3.05) is 24.0 Å². The highest BCUT2D eigenvalue weighted by atomic mass is 32.2. The maximum absolute atomic E-state index is 13.4. The van der Waals surface area contributed by atoms with Gasteiger partial charge >= 0.3 is 0 Å². The largest absolute Gasteiger partial charge is 0.371 e. The zero-order valence-electron chi connectivity index (χ0n) is 10.7. The first-order valence-electron chi connectivity index (χ1n) is 5.83. The van der Waals surface area contributed by atoms with Crippen LogP contribution < -0.4 is 10.6 Å². The van der Waals surface area contributed by atoms with Gasteiger partial charge in [0.15, 0.2) is 0 Å². The average Bonchev–Trinajstić information content (AvgIpc) is 2.34. The van der Waals surface area contributed by atoms with Crippen LogP contribution in [0.3, 0.4) is 0 Å². The van der Waals surface area contributed by atoms with E-state index < -0.39 is 0 Å². The topological polar surface area (TPSA) is 29.3 Å². The summed E-state index contributed by atoms with van der Waals surface area (Å²) in [5.74, 6) is 0.829. The van der Waals surface area contributed by atoms with Crippen LogP contribution in [0.5, 0.6) is 0 Å². The number of rotatable bonds is 6. The minimum absolute atomic E-state index is 0.214. The van der Waals surface area contributed by atoms with Crippen molar-refractivity contribution in [3.05, 3.63) is 29.6 Å². The van der Waals surface area contributed by atoms with Gasteiger partial charge in [-0.2, -0.15) is 11.8 Å². The van der Waals surface area contributed by atoms with Crippen LogP contribution in [-0.4, -0.2) is 25.1 Å². The summed E-state index contributed by atoms with van der Waals surface area (Å²) in [4.78, 5) is 2.14. The lowest BCUT2D eigenvalue weighted by molar-refractivity contribution is 0.620. The molecule has 4 heteroatoms. The molecule has 96 valence electrons. The molecule has 2 N–H and O–H groups in total. The smallest absolute Gasteiger partial charge is 0.125 e. The van der Waals surface area contributed by atoms with Gasteiger partial charge in [-0.3, -0.25) is 0 Å². The van der Waals surface area contributed by atoms with E-state index in [1.54, 1.807) is 6.07 Å². The second kappa shape index (κ2) is 6.87. The Hall–Kier alpha value is -0.740. The van der Waals surface area contributed by atoms with Crippen LogP contribution >= 0.6 is 11.8 Å². The lowest BCUT2D eigenvalue weighted by Crippen LogP contribution is -2.33. The molecule has 1 unspecified atom stereocenters. The van der Waals surface area contributed by atoms with E-state index in [9.17, 15) is 4.39 Å².